The number of hydrogen-bond acceptors (Lipinski definition) is 4. The van der Waals surface area contributed by atoms with Gasteiger partial charge in [-0.2, -0.15) is 0 Å². The molecule has 0 spiro atoms. The number of fused-ring (bicyclic) bond motifs is 3. The summed E-state index contributed by atoms with van der Waals surface area (Å²) in [6.07, 6.45) is -0.835. The summed E-state index contributed by atoms with van der Waals surface area (Å²) in [4.78, 5) is 35.1. The number of carbonyl (C=O) groups excluding carboxylic acids is 2. The van der Waals surface area contributed by atoms with Gasteiger partial charge in [0, 0.05) is 18.0 Å². The lowest BCUT2D eigenvalue weighted by Crippen LogP contribution is -2.26. The largest absolute Gasteiger partial charge is 0.481 e. The Morgan fingerprint density at radius 3 is 2.18 bits per heavy atom. The Morgan fingerprint density at radius 2 is 1.58 bits per heavy atom. The van der Waals surface area contributed by atoms with Crippen LogP contribution in [0.3, 0.4) is 0 Å². The first-order valence-electron chi connectivity index (χ1n) is 10.4. The van der Waals surface area contributed by atoms with Crippen LogP contribution in [0.15, 0.2) is 66.7 Å². The summed E-state index contributed by atoms with van der Waals surface area (Å²) in [5.41, 5.74) is 5.06. The Labute approximate surface area is 195 Å². The fourth-order valence-corrected chi connectivity index (χ4v) is 4.11. The lowest BCUT2D eigenvalue weighted by molar-refractivity contribution is -0.136. The molecule has 0 heterocycles. The third kappa shape index (κ3) is 4.99. The van der Waals surface area contributed by atoms with Crippen LogP contribution in [0.4, 0.5) is 10.5 Å². The molecule has 8 heteroatoms. The van der Waals surface area contributed by atoms with Crippen LogP contribution in [0, 0.1) is 0 Å². The molecule has 1 aliphatic carbocycles. The van der Waals surface area contributed by atoms with Gasteiger partial charge in [-0.1, -0.05) is 60.1 Å². The van der Waals surface area contributed by atoms with Gasteiger partial charge in [0.25, 0.3) is 5.91 Å². The highest BCUT2D eigenvalue weighted by atomic mass is 35.5. The van der Waals surface area contributed by atoms with Crippen molar-refractivity contribution < 1.29 is 24.2 Å². The summed E-state index contributed by atoms with van der Waals surface area (Å²) >= 11 is 6.22. The van der Waals surface area contributed by atoms with Gasteiger partial charge >= 0.3 is 12.1 Å². The van der Waals surface area contributed by atoms with Crippen LogP contribution in [0.25, 0.3) is 11.1 Å². The van der Waals surface area contributed by atoms with Crippen molar-refractivity contribution in [3.8, 4) is 11.1 Å². The topological polar surface area (TPSA) is 105 Å². The molecule has 2 amide bonds. The molecular weight excluding hydrogens is 444 g/mol. The minimum atomic E-state index is -1.00. The molecule has 0 saturated heterocycles. The highest BCUT2D eigenvalue weighted by molar-refractivity contribution is 6.34. The summed E-state index contributed by atoms with van der Waals surface area (Å²) < 4.78 is 5.51. The van der Waals surface area contributed by atoms with E-state index in [2.05, 4.69) is 22.8 Å². The molecule has 0 aliphatic heterocycles. The van der Waals surface area contributed by atoms with Gasteiger partial charge in [-0.05, 0) is 40.5 Å². The first-order chi connectivity index (χ1) is 15.9. The SMILES string of the molecule is O=C(O)CCNC(=O)c1ccc(NC(=O)OCC2c3ccccc3-c3ccccc32)c(Cl)c1. The van der Waals surface area contributed by atoms with Crippen LogP contribution >= 0.6 is 11.6 Å². The van der Waals surface area contributed by atoms with E-state index in [0.29, 0.717) is 5.69 Å². The number of amides is 2. The highest BCUT2D eigenvalue weighted by Gasteiger charge is 2.29. The molecule has 0 radical (unpaired) electrons. The van der Waals surface area contributed by atoms with Crippen LogP contribution in [0.1, 0.15) is 33.8 Å². The molecule has 3 N–H and O–H groups in total. The monoisotopic (exact) mass is 464 g/mol. The minimum absolute atomic E-state index is 0.00549. The zero-order chi connectivity index (χ0) is 23.4. The Hall–Kier alpha value is -3.84. The van der Waals surface area contributed by atoms with E-state index < -0.39 is 18.0 Å². The zero-order valence-corrected chi connectivity index (χ0v) is 18.3. The fraction of sp³-hybridized carbons (Fsp3) is 0.160. The zero-order valence-electron chi connectivity index (χ0n) is 17.5. The number of halogens is 1. The molecule has 3 aromatic carbocycles. The van der Waals surface area contributed by atoms with E-state index in [4.69, 9.17) is 21.4 Å². The van der Waals surface area contributed by atoms with E-state index in [1.165, 1.54) is 18.2 Å². The molecule has 3 aromatic rings. The molecule has 7 nitrogen and oxygen atoms in total. The second-order valence-electron chi connectivity index (χ2n) is 7.54. The normalized spacial score (nSPS) is 11.9. The molecule has 33 heavy (non-hydrogen) atoms. The number of rotatable bonds is 7. The molecule has 168 valence electrons. The van der Waals surface area contributed by atoms with Gasteiger partial charge in [0.15, 0.2) is 0 Å². The first kappa shape index (κ1) is 22.4. The summed E-state index contributed by atoms with van der Waals surface area (Å²) in [6, 6.07) is 20.5. The van der Waals surface area contributed by atoms with Crippen molar-refractivity contribution in [2.45, 2.75) is 12.3 Å². The number of hydrogen-bond donors (Lipinski definition) is 3. The van der Waals surface area contributed by atoms with Crippen molar-refractivity contribution in [1.29, 1.82) is 0 Å². The van der Waals surface area contributed by atoms with Crippen molar-refractivity contribution >= 4 is 35.3 Å². The van der Waals surface area contributed by atoms with Gasteiger partial charge in [-0.15, -0.1) is 0 Å². The molecule has 0 fully saturated rings. The fourth-order valence-electron chi connectivity index (χ4n) is 3.89. The van der Waals surface area contributed by atoms with Crippen LogP contribution in [-0.4, -0.2) is 36.2 Å². The third-order valence-corrected chi connectivity index (χ3v) is 5.75. The maximum Gasteiger partial charge on any atom is 0.411 e. The van der Waals surface area contributed by atoms with Gasteiger partial charge < -0.3 is 15.2 Å². The number of anilines is 1. The van der Waals surface area contributed by atoms with Crippen LogP contribution < -0.4 is 10.6 Å². The van der Waals surface area contributed by atoms with E-state index in [1.54, 1.807) is 0 Å². The van der Waals surface area contributed by atoms with Gasteiger partial charge in [0.2, 0.25) is 0 Å². The van der Waals surface area contributed by atoms with E-state index >= 15 is 0 Å². The number of ether oxygens (including phenoxy) is 1. The predicted molar refractivity (Wildman–Crippen MR) is 125 cm³/mol. The van der Waals surface area contributed by atoms with Crippen molar-refractivity contribution in [2.24, 2.45) is 0 Å². The van der Waals surface area contributed by atoms with Gasteiger partial charge in [0.05, 0.1) is 17.1 Å². The van der Waals surface area contributed by atoms with Crippen molar-refractivity contribution in [3.63, 3.8) is 0 Å². The van der Waals surface area contributed by atoms with Crippen molar-refractivity contribution in [3.05, 3.63) is 88.4 Å². The van der Waals surface area contributed by atoms with Gasteiger partial charge in [-0.3, -0.25) is 14.9 Å². The van der Waals surface area contributed by atoms with Crippen molar-refractivity contribution in [1.82, 2.24) is 5.32 Å². The number of carbonyl (C=O) groups is 3. The molecular formula is C25H21ClN2O5. The standard InChI is InChI=1S/C25H21ClN2O5/c26-21-13-15(24(31)27-12-11-23(29)30)9-10-22(21)28-25(32)33-14-20-18-7-3-1-5-16(18)17-6-2-4-8-19(17)20/h1-10,13,20H,11-12,14H2,(H,27,31)(H,28,32)(H,29,30). The second-order valence-corrected chi connectivity index (χ2v) is 7.95. The smallest absolute Gasteiger partial charge is 0.411 e. The summed E-state index contributed by atoms with van der Waals surface area (Å²) in [5.74, 6) is -1.52. The number of nitrogens with one attached hydrogen (secondary N) is 2. The maximum atomic E-state index is 12.4. The number of carboxylic acid groups (broad SMARTS) is 1. The van der Waals surface area contributed by atoms with Crippen LogP contribution in [0.2, 0.25) is 5.02 Å². The predicted octanol–water partition coefficient (Wildman–Crippen LogP) is 4.91. The van der Waals surface area contributed by atoms with Crippen molar-refractivity contribution in [2.75, 3.05) is 18.5 Å². The number of benzene rings is 3. The first-order valence-corrected chi connectivity index (χ1v) is 10.7. The lowest BCUT2D eigenvalue weighted by atomic mass is 9.98. The quantitative estimate of drug-likeness (QED) is 0.461. The second kappa shape index (κ2) is 9.75. The molecule has 1 aliphatic rings. The van der Waals surface area contributed by atoms with E-state index in [1.807, 2.05) is 36.4 Å². The Morgan fingerprint density at radius 1 is 0.939 bits per heavy atom. The average Bonchev–Trinajstić information content (AvgIpc) is 3.12. The lowest BCUT2D eigenvalue weighted by Gasteiger charge is -2.15. The average molecular weight is 465 g/mol. The van der Waals surface area contributed by atoms with E-state index in [9.17, 15) is 14.4 Å². The summed E-state index contributed by atoms with van der Waals surface area (Å²) in [7, 11) is 0. The van der Waals surface area contributed by atoms with E-state index in [0.717, 1.165) is 22.3 Å². The summed E-state index contributed by atoms with van der Waals surface area (Å²) in [5, 5.41) is 13.9. The van der Waals surface area contributed by atoms with Crippen LogP contribution in [0.5, 0.6) is 0 Å². The third-order valence-electron chi connectivity index (χ3n) is 5.44. The molecule has 4 rings (SSSR count). The highest BCUT2D eigenvalue weighted by Crippen LogP contribution is 2.44. The minimum Gasteiger partial charge on any atom is -0.481 e. The molecule has 0 aromatic heterocycles. The molecule has 0 unspecified atom stereocenters. The van der Waals surface area contributed by atoms with Gasteiger partial charge in [-0.25, -0.2) is 4.79 Å². The molecule has 0 saturated carbocycles. The Bertz CT molecular complexity index is 1180. The summed E-state index contributed by atoms with van der Waals surface area (Å²) in [6.45, 7) is 0.174. The molecule has 0 bridgehead atoms. The number of aliphatic carboxylic acids is 1. The van der Waals surface area contributed by atoms with E-state index in [-0.39, 0.29) is 36.1 Å². The maximum absolute atomic E-state index is 12.4. The molecule has 0 atom stereocenters. The van der Waals surface area contributed by atoms with Crippen LogP contribution in [-0.2, 0) is 9.53 Å². The number of carboxylic acids is 1. The Kier molecular flexibility index (Phi) is 6.60. The van der Waals surface area contributed by atoms with Gasteiger partial charge in [0.1, 0.15) is 6.61 Å². The Balaban J connectivity index is 1.38.